The third-order valence-electron chi connectivity index (χ3n) is 3.93. The van der Waals surface area contributed by atoms with E-state index in [1.165, 1.54) is 41.6 Å². The molecule has 0 unspecified atom stereocenters. The molecule has 0 aliphatic heterocycles. The Labute approximate surface area is 140 Å². The number of nitrogens with zero attached hydrogens (tertiary/aromatic N) is 2. The summed E-state index contributed by atoms with van der Waals surface area (Å²) in [6.07, 6.45) is 0. The van der Waals surface area contributed by atoms with Crippen LogP contribution >= 0.6 is 22.7 Å². The first kappa shape index (κ1) is 15.9. The van der Waals surface area contributed by atoms with Crippen molar-refractivity contribution in [2.24, 2.45) is 0 Å². The van der Waals surface area contributed by atoms with E-state index in [1.807, 2.05) is 22.7 Å². The molecule has 0 fully saturated rings. The third-order valence-corrected chi connectivity index (χ3v) is 7.13. The van der Waals surface area contributed by atoms with Gasteiger partial charge in [0.1, 0.15) is 0 Å². The summed E-state index contributed by atoms with van der Waals surface area (Å²) in [5.41, 5.74) is 5.11. The lowest BCUT2D eigenvalue weighted by Crippen LogP contribution is -2.10. The van der Waals surface area contributed by atoms with Crippen LogP contribution in [0, 0.1) is 13.8 Å². The highest BCUT2D eigenvalue weighted by molar-refractivity contribution is 7.20. The van der Waals surface area contributed by atoms with Gasteiger partial charge in [0.15, 0.2) is 0 Å². The van der Waals surface area contributed by atoms with Crippen LogP contribution in [-0.4, -0.2) is 9.97 Å². The molecule has 0 amide bonds. The molecule has 22 heavy (non-hydrogen) atoms. The van der Waals surface area contributed by atoms with Crippen LogP contribution in [0.4, 0.5) is 0 Å². The van der Waals surface area contributed by atoms with E-state index in [2.05, 4.69) is 55.4 Å². The molecule has 1 aromatic carbocycles. The monoisotopic (exact) mass is 332 g/mol. The molecule has 0 spiro atoms. The Morgan fingerprint density at radius 1 is 0.636 bits per heavy atom. The second kappa shape index (κ2) is 4.75. The van der Waals surface area contributed by atoms with Gasteiger partial charge >= 0.3 is 0 Å². The van der Waals surface area contributed by atoms with Crippen molar-refractivity contribution in [1.82, 2.24) is 9.97 Å². The molecule has 0 aliphatic rings. The van der Waals surface area contributed by atoms with Crippen LogP contribution in [0.3, 0.4) is 0 Å². The fraction of sp³-hybridized carbons (Fsp3) is 0.556. The van der Waals surface area contributed by atoms with Gasteiger partial charge < -0.3 is 0 Å². The highest BCUT2D eigenvalue weighted by atomic mass is 32.1. The molecule has 4 heteroatoms. The van der Waals surface area contributed by atoms with E-state index in [-0.39, 0.29) is 10.8 Å². The van der Waals surface area contributed by atoms with Gasteiger partial charge in [-0.1, -0.05) is 41.5 Å². The van der Waals surface area contributed by atoms with E-state index < -0.39 is 0 Å². The van der Waals surface area contributed by atoms with Crippen molar-refractivity contribution in [3.05, 3.63) is 21.1 Å². The predicted octanol–water partition coefficient (Wildman–Crippen LogP) is 6.12. The number of hydrogen-bond donors (Lipinski definition) is 0. The van der Waals surface area contributed by atoms with Gasteiger partial charge in [0.25, 0.3) is 0 Å². The Morgan fingerprint density at radius 2 is 0.955 bits per heavy atom. The summed E-state index contributed by atoms with van der Waals surface area (Å²) in [5, 5.41) is 2.42. The van der Waals surface area contributed by atoms with Gasteiger partial charge in [0.2, 0.25) is 0 Å². The standard InChI is InChI=1S/C18H24N2S2/c1-9-11-14(22-15(19-11)17(3,4)5)10(2)12-13(9)21-16(20-12)18(6,7)8/h1-8H3. The Balaban J connectivity index is 2.38. The molecule has 2 aromatic heterocycles. The summed E-state index contributed by atoms with van der Waals surface area (Å²) in [4.78, 5) is 9.93. The van der Waals surface area contributed by atoms with Gasteiger partial charge in [-0.3, -0.25) is 0 Å². The van der Waals surface area contributed by atoms with E-state index in [1.54, 1.807) is 0 Å². The van der Waals surface area contributed by atoms with E-state index in [4.69, 9.17) is 9.97 Å². The summed E-state index contributed by atoms with van der Waals surface area (Å²) in [7, 11) is 0. The van der Waals surface area contributed by atoms with Crippen LogP contribution in [0.1, 0.15) is 62.7 Å². The van der Waals surface area contributed by atoms with Crippen LogP contribution in [0.15, 0.2) is 0 Å². The highest BCUT2D eigenvalue weighted by Crippen LogP contribution is 2.41. The number of aromatic nitrogens is 2. The highest BCUT2D eigenvalue weighted by Gasteiger charge is 2.25. The van der Waals surface area contributed by atoms with Crippen LogP contribution < -0.4 is 0 Å². The maximum absolute atomic E-state index is 4.96. The van der Waals surface area contributed by atoms with Crippen molar-refractivity contribution < 1.29 is 0 Å². The minimum absolute atomic E-state index is 0.0972. The molecule has 0 bridgehead atoms. The second-order valence-corrected chi connectivity index (χ2v) is 10.1. The molecule has 0 saturated heterocycles. The topological polar surface area (TPSA) is 25.8 Å². The van der Waals surface area contributed by atoms with Crippen LogP contribution in [0.25, 0.3) is 20.4 Å². The van der Waals surface area contributed by atoms with E-state index in [9.17, 15) is 0 Å². The van der Waals surface area contributed by atoms with Crippen molar-refractivity contribution in [3.63, 3.8) is 0 Å². The Kier molecular flexibility index (Phi) is 3.43. The SMILES string of the molecule is Cc1c2nc(C(C)(C)C)sc2c(C)c2nc(C(C)(C)C)sc12. The van der Waals surface area contributed by atoms with Gasteiger partial charge in [-0.2, -0.15) is 0 Å². The summed E-state index contributed by atoms with van der Waals surface area (Å²) in [6.45, 7) is 17.8. The van der Waals surface area contributed by atoms with Crippen LogP contribution in [-0.2, 0) is 10.8 Å². The summed E-state index contributed by atoms with van der Waals surface area (Å²) in [6, 6.07) is 0. The Morgan fingerprint density at radius 3 is 1.23 bits per heavy atom. The van der Waals surface area contributed by atoms with Crippen LogP contribution in [0.2, 0.25) is 0 Å². The lowest BCUT2D eigenvalue weighted by molar-refractivity contribution is 0.586. The van der Waals surface area contributed by atoms with Crippen molar-refractivity contribution in [2.45, 2.75) is 66.2 Å². The molecule has 0 N–H and O–H groups in total. The number of fused-ring (bicyclic) bond motifs is 2. The van der Waals surface area contributed by atoms with Crippen LogP contribution in [0.5, 0.6) is 0 Å². The number of rotatable bonds is 0. The quantitative estimate of drug-likeness (QED) is 0.496. The number of thiazole rings is 2. The lowest BCUT2D eigenvalue weighted by atomic mass is 9.98. The van der Waals surface area contributed by atoms with Gasteiger partial charge in [-0.25, -0.2) is 9.97 Å². The molecular weight excluding hydrogens is 308 g/mol. The van der Waals surface area contributed by atoms with Gasteiger partial charge in [0, 0.05) is 10.8 Å². The third kappa shape index (κ3) is 2.37. The molecule has 0 saturated carbocycles. The van der Waals surface area contributed by atoms with Crippen molar-refractivity contribution >= 4 is 43.1 Å². The fourth-order valence-corrected chi connectivity index (χ4v) is 4.88. The average molecular weight is 333 g/mol. The first-order valence-electron chi connectivity index (χ1n) is 7.71. The normalized spacial score (nSPS) is 13.5. The molecule has 118 valence electrons. The lowest BCUT2D eigenvalue weighted by Gasteiger charge is -2.13. The first-order valence-corrected chi connectivity index (χ1v) is 9.34. The smallest absolute Gasteiger partial charge is 0.0992 e. The molecule has 2 heterocycles. The minimum atomic E-state index is 0.0972. The van der Waals surface area contributed by atoms with Crippen molar-refractivity contribution in [2.75, 3.05) is 0 Å². The van der Waals surface area contributed by atoms with E-state index >= 15 is 0 Å². The van der Waals surface area contributed by atoms with Gasteiger partial charge in [0.05, 0.1) is 30.4 Å². The minimum Gasteiger partial charge on any atom is -0.240 e. The molecule has 3 rings (SSSR count). The summed E-state index contributed by atoms with van der Waals surface area (Å²) in [5.74, 6) is 0. The zero-order chi connectivity index (χ0) is 16.4. The zero-order valence-corrected chi connectivity index (χ0v) is 16.3. The molecule has 3 aromatic rings. The average Bonchev–Trinajstić information content (AvgIpc) is 2.99. The second-order valence-electron chi connectivity index (χ2n) is 8.14. The number of hydrogen-bond acceptors (Lipinski definition) is 4. The van der Waals surface area contributed by atoms with Gasteiger partial charge in [-0.15, -0.1) is 22.7 Å². The van der Waals surface area contributed by atoms with Crippen molar-refractivity contribution in [3.8, 4) is 0 Å². The van der Waals surface area contributed by atoms with E-state index in [0.29, 0.717) is 0 Å². The Hall–Kier alpha value is -1.00. The number of benzene rings is 1. The van der Waals surface area contributed by atoms with E-state index in [0.717, 1.165) is 0 Å². The predicted molar refractivity (Wildman–Crippen MR) is 99.7 cm³/mol. The Bertz CT molecular complexity index is 744. The fourth-order valence-electron chi connectivity index (χ4n) is 2.51. The molecular formula is C18H24N2S2. The molecule has 0 aliphatic carbocycles. The first-order chi connectivity index (χ1) is 10.00. The maximum Gasteiger partial charge on any atom is 0.0992 e. The molecule has 0 radical (unpaired) electrons. The summed E-state index contributed by atoms with van der Waals surface area (Å²) < 4.78 is 2.61. The molecule has 2 nitrogen and oxygen atoms in total. The number of aryl methyl sites for hydroxylation is 2. The maximum atomic E-state index is 4.96. The molecule has 0 atom stereocenters. The largest absolute Gasteiger partial charge is 0.240 e. The zero-order valence-electron chi connectivity index (χ0n) is 14.7. The van der Waals surface area contributed by atoms with Gasteiger partial charge in [-0.05, 0) is 25.0 Å². The summed E-state index contributed by atoms with van der Waals surface area (Å²) >= 11 is 3.66. The van der Waals surface area contributed by atoms with Crippen molar-refractivity contribution in [1.29, 1.82) is 0 Å².